The lowest BCUT2D eigenvalue weighted by atomic mass is 9.81. The molecule has 1 aromatic carbocycles. The number of amides is 1. The third kappa shape index (κ3) is 3.80. The lowest BCUT2D eigenvalue weighted by molar-refractivity contribution is -0.133. The van der Waals surface area contributed by atoms with Crippen molar-refractivity contribution in [2.45, 2.75) is 44.1 Å². The van der Waals surface area contributed by atoms with E-state index in [-0.39, 0.29) is 0 Å². The highest BCUT2D eigenvalue weighted by Crippen LogP contribution is 2.43. The van der Waals surface area contributed by atoms with Crippen molar-refractivity contribution in [1.82, 2.24) is 9.80 Å². The first-order valence-corrected chi connectivity index (χ1v) is 10.4. The van der Waals surface area contributed by atoms with Crippen LogP contribution in [0.5, 0.6) is 0 Å². The molecule has 2 heterocycles. The average molecular weight is 347 g/mol. The van der Waals surface area contributed by atoms with Gasteiger partial charge in [0.25, 0.3) is 0 Å². The number of nitrogens with zero attached hydrogens (tertiary/aromatic N) is 2. The minimum atomic E-state index is 0.301. The molecule has 0 aromatic heterocycles. The highest BCUT2D eigenvalue weighted by Gasteiger charge is 2.45. The summed E-state index contributed by atoms with van der Waals surface area (Å²) in [6.45, 7) is 5.16. The highest BCUT2D eigenvalue weighted by molar-refractivity contribution is 7.99. The number of likely N-dealkylation sites (tertiary alicyclic amines) is 2. The summed E-state index contributed by atoms with van der Waals surface area (Å²) in [5.41, 5.74) is 1.77. The Hall–Kier alpha value is -1.00. The van der Waals surface area contributed by atoms with E-state index in [1.165, 1.54) is 12.0 Å². The van der Waals surface area contributed by atoms with E-state index in [2.05, 4.69) is 54.1 Å². The fraction of sp³-hybridized carbons (Fsp3) is 0.650. The number of rotatable bonds is 5. The molecule has 2 saturated heterocycles. The summed E-state index contributed by atoms with van der Waals surface area (Å²) in [5, 5.41) is 0. The van der Waals surface area contributed by atoms with E-state index < -0.39 is 0 Å². The van der Waals surface area contributed by atoms with Gasteiger partial charge in [-0.25, -0.2) is 0 Å². The first kappa shape index (κ1) is 17.8. The van der Waals surface area contributed by atoms with Crippen LogP contribution in [0.4, 0.5) is 0 Å². The van der Waals surface area contributed by atoms with Gasteiger partial charge in [-0.1, -0.05) is 37.3 Å². The topological polar surface area (TPSA) is 23.6 Å². The molecule has 1 spiro atoms. The van der Waals surface area contributed by atoms with Crippen LogP contribution in [0.25, 0.3) is 0 Å². The summed E-state index contributed by atoms with van der Waals surface area (Å²) in [6, 6.07) is 10.9. The third-order valence-electron chi connectivity index (χ3n) is 5.91. The molecular weight excluding hydrogens is 316 g/mol. The molecule has 0 aliphatic carbocycles. The van der Waals surface area contributed by atoms with Crippen molar-refractivity contribution < 1.29 is 4.79 Å². The maximum atomic E-state index is 12.3. The number of hydrogen-bond acceptors (Lipinski definition) is 3. The molecule has 0 saturated carbocycles. The smallest absolute Gasteiger partial charge is 0.223 e. The van der Waals surface area contributed by atoms with Crippen LogP contribution in [0.3, 0.4) is 0 Å². The predicted molar refractivity (Wildman–Crippen MR) is 103 cm³/mol. The van der Waals surface area contributed by atoms with E-state index >= 15 is 0 Å². The molecule has 1 amide bonds. The molecule has 0 unspecified atom stereocenters. The van der Waals surface area contributed by atoms with Gasteiger partial charge in [0.1, 0.15) is 0 Å². The minimum Gasteiger partial charge on any atom is -0.343 e. The van der Waals surface area contributed by atoms with Gasteiger partial charge in [-0.3, -0.25) is 9.69 Å². The number of carbonyl (C=O) groups is 1. The number of hydrogen-bond donors (Lipinski definition) is 0. The normalized spacial score (nSPS) is 23.8. The van der Waals surface area contributed by atoms with Gasteiger partial charge in [0, 0.05) is 37.3 Å². The number of carbonyl (C=O) groups excluding carboxylic acids is 1. The molecule has 2 fully saturated rings. The van der Waals surface area contributed by atoms with Crippen LogP contribution in [0, 0.1) is 0 Å². The van der Waals surface area contributed by atoms with Crippen LogP contribution in [0.15, 0.2) is 30.3 Å². The second kappa shape index (κ2) is 7.92. The van der Waals surface area contributed by atoms with Crippen LogP contribution in [-0.4, -0.2) is 59.4 Å². The van der Waals surface area contributed by atoms with E-state index in [4.69, 9.17) is 0 Å². The molecule has 3 nitrogen and oxygen atoms in total. The van der Waals surface area contributed by atoms with Crippen LogP contribution in [0.2, 0.25) is 0 Å². The van der Waals surface area contributed by atoms with Gasteiger partial charge in [-0.05, 0) is 43.5 Å². The molecule has 24 heavy (non-hydrogen) atoms. The van der Waals surface area contributed by atoms with E-state index in [1.54, 1.807) is 0 Å². The van der Waals surface area contributed by atoms with Crippen molar-refractivity contribution >= 4 is 17.7 Å². The van der Waals surface area contributed by atoms with Crippen molar-refractivity contribution in [2.75, 3.05) is 38.2 Å². The van der Waals surface area contributed by atoms with E-state index in [1.807, 2.05) is 11.8 Å². The van der Waals surface area contributed by atoms with E-state index in [0.29, 0.717) is 23.8 Å². The zero-order chi connectivity index (χ0) is 17.0. The van der Waals surface area contributed by atoms with Gasteiger partial charge in [-0.15, -0.1) is 0 Å². The van der Waals surface area contributed by atoms with Gasteiger partial charge >= 0.3 is 0 Å². The fourth-order valence-electron chi connectivity index (χ4n) is 4.37. The lowest BCUT2D eigenvalue weighted by Gasteiger charge is -2.43. The van der Waals surface area contributed by atoms with Gasteiger partial charge in [0.15, 0.2) is 0 Å². The molecule has 0 bridgehead atoms. The summed E-state index contributed by atoms with van der Waals surface area (Å²) in [5.74, 6) is 3.06. The van der Waals surface area contributed by atoms with Crippen LogP contribution < -0.4 is 0 Å². The Bertz CT molecular complexity index is 540. The second-order valence-electron chi connectivity index (χ2n) is 7.24. The monoisotopic (exact) mass is 346 g/mol. The van der Waals surface area contributed by atoms with E-state index in [9.17, 15) is 4.79 Å². The zero-order valence-corrected chi connectivity index (χ0v) is 15.9. The SMILES string of the molecule is CCSCCC(=O)N1CCC2(CC1)C[C@H](c1ccccc1)CN2C. The van der Waals surface area contributed by atoms with Crippen molar-refractivity contribution in [3.8, 4) is 0 Å². The van der Waals surface area contributed by atoms with Gasteiger partial charge in [-0.2, -0.15) is 11.8 Å². The summed E-state index contributed by atoms with van der Waals surface area (Å²) in [7, 11) is 2.28. The summed E-state index contributed by atoms with van der Waals surface area (Å²) in [4.78, 5) is 17.0. The summed E-state index contributed by atoms with van der Waals surface area (Å²) in [6.07, 6.45) is 4.19. The van der Waals surface area contributed by atoms with Crippen molar-refractivity contribution in [1.29, 1.82) is 0 Å². The second-order valence-corrected chi connectivity index (χ2v) is 8.64. The molecule has 1 atom stereocenters. The average Bonchev–Trinajstić information content (AvgIpc) is 2.93. The standard InChI is InChI=1S/C20H30N2OS/c1-3-24-14-9-19(23)22-12-10-20(11-13-22)15-18(16-21(20)2)17-7-5-4-6-8-17/h4-8,18H,3,9-16H2,1-2H3/t18-/m0/s1. The number of piperidine rings is 1. The Kier molecular flexibility index (Phi) is 5.88. The van der Waals surface area contributed by atoms with Crippen molar-refractivity contribution in [3.63, 3.8) is 0 Å². The Labute approximate surface area is 150 Å². The molecule has 2 aliphatic heterocycles. The third-order valence-corrected chi connectivity index (χ3v) is 6.81. The Balaban J connectivity index is 1.56. The zero-order valence-electron chi connectivity index (χ0n) is 15.0. The van der Waals surface area contributed by atoms with Crippen LogP contribution in [-0.2, 0) is 4.79 Å². The molecule has 4 heteroatoms. The molecule has 0 radical (unpaired) electrons. The molecule has 2 aliphatic rings. The summed E-state index contributed by atoms with van der Waals surface area (Å²) >= 11 is 1.86. The quantitative estimate of drug-likeness (QED) is 0.761. The number of thioether (sulfide) groups is 1. The minimum absolute atomic E-state index is 0.301. The molecule has 132 valence electrons. The van der Waals surface area contributed by atoms with Crippen LogP contribution in [0.1, 0.15) is 44.1 Å². The Morgan fingerprint density at radius 3 is 2.62 bits per heavy atom. The highest BCUT2D eigenvalue weighted by atomic mass is 32.2. The maximum absolute atomic E-state index is 12.3. The first-order chi connectivity index (χ1) is 11.6. The molecule has 3 rings (SSSR count). The number of benzene rings is 1. The van der Waals surface area contributed by atoms with Gasteiger partial charge < -0.3 is 4.90 Å². The van der Waals surface area contributed by atoms with Gasteiger partial charge in [0.05, 0.1) is 0 Å². The largest absolute Gasteiger partial charge is 0.343 e. The number of likely N-dealkylation sites (N-methyl/N-ethyl adjacent to an activating group) is 1. The van der Waals surface area contributed by atoms with E-state index in [0.717, 1.165) is 44.0 Å². The lowest BCUT2D eigenvalue weighted by Crippen LogP contribution is -2.52. The van der Waals surface area contributed by atoms with Crippen LogP contribution >= 0.6 is 11.8 Å². The Morgan fingerprint density at radius 1 is 1.25 bits per heavy atom. The maximum Gasteiger partial charge on any atom is 0.223 e. The van der Waals surface area contributed by atoms with Crippen molar-refractivity contribution in [3.05, 3.63) is 35.9 Å². The fourth-order valence-corrected chi connectivity index (χ4v) is 4.98. The molecule has 0 N–H and O–H groups in total. The molecular formula is C20H30N2OS. The Morgan fingerprint density at radius 2 is 1.96 bits per heavy atom. The van der Waals surface area contributed by atoms with Crippen molar-refractivity contribution in [2.24, 2.45) is 0 Å². The summed E-state index contributed by atoms with van der Waals surface area (Å²) < 4.78 is 0. The van der Waals surface area contributed by atoms with Gasteiger partial charge in [0.2, 0.25) is 5.91 Å². The predicted octanol–water partition coefficient (Wildman–Crippen LogP) is 3.61. The molecule has 1 aromatic rings. The first-order valence-electron chi connectivity index (χ1n) is 9.26.